The lowest BCUT2D eigenvalue weighted by molar-refractivity contribution is -0.146. The van der Waals surface area contributed by atoms with Crippen LogP contribution in [0.2, 0.25) is 0 Å². The molecule has 1 heterocycles. The number of amides is 2. The number of nitrogens with zero attached hydrogens (tertiary/aromatic N) is 1. The van der Waals surface area contributed by atoms with Crippen molar-refractivity contribution < 1.29 is 19.1 Å². The highest BCUT2D eigenvalue weighted by Gasteiger charge is 2.35. The maximum absolute atomic E-state index is 12.2. The average molecular weight is 323 g/mol. The Balaban J connectivity index is 1.58. The Morgan fingerprint density at radius 3 is 2.08 bits per heavy atom. The van der Waals surface area contributed by atoms with E-state index in [4.69, 9.17) is 4.74 Å². The molecule has 24 heavy (non-hydrogen) atoms. The fraction of sp³-hybridized carbons (Fsp3) is 0.211. The van der Waals surface area contributed by atoms with Gasteiger partial charge in [0.2, 0.25) is 0 Å². The fourth-order valence-electron chi connectivity index (χ4n) is 2.70. The Kier molecular flexibility index (Phi) is 4.42. The van der Waals surface area contributed by atoms with E-state index in [-0.39, 0.29) is 19.1 Å². The van der Waals surface area contributed by atoms with Gasteiger partial charge >= 0.3 is 5.97 Å². The number of hydrogen-bond acceptors (Lipinski definition) is 4. The predicted molar refractivity (Wildman–Crippen MR) is 87.4 cm³/mol. The van der Waals surface area contributed by atoms with Gasteiger partial charge in [0, 0.05) is 0 Å². The molecule has 0 N–H and O–H groups in total. The Hall–Kier alpha value is -2.95. The molecule has 0 aliphatic carbocycles. The van der Waals surface area contributed by atoms with E-state index in [0.29, 0.717) is 11.1 Å². The largest absolute Gasteiger partial charge is 0.444 e. The molecule has 0 aromatic heterocycles. The smallest absolute Gasteiger partial charge is 0.308 e. The third-order valence-electron chi connectivity index (χ3n) is 4.07. The summed E-state index contributed by atoms with van der Waals surface area (Å²) in [5.41, 5.74) is 1.72. The summed E-state index contributed by atoms with van der Waals surface area (Å²) in [6.45, 7) is 1.57. The lowest BCUT2D eigenvalue weighted by atomic mass is 9.98. The second-order valence-electron chi connectivity index (χ2n) is 5.75. The van der Waals surface area contributed by atoms with Crippen LogP contribution in [0, 0.1) is 0 Å². The van der Waals surface area contributed by atoms with E-state index >= 15 is 0 Å². The van der Waals surface area contributed by atoms with Gasteiger partial charge in [0.25, 0.3) is 11.8 Å². The highest BCUT2D eigenvalue weighted by molar-refractivity contribution is 6.21. The summed E-state index contributed by atoms with van der Waals surface area (Å²) in [6.07, 6.45) is 0.188. The molecule has 1 atom stereocenters. The van der Waals surface area contributed by atoms with Crippen LogP contribution in [-0.4, -0.2) is 29.4 Å². The van der Waals surface area contributed by atoms with Gasteiger partial charge in [0.15, 0.2) is 6.73 Å². The molecule has 2 aromatic carbocycles. The molecule has 1 aliphatic heterocycles. The number of ether oxygens (including phenoxy) is 1. The number of rotatable bonds is 5. The lowest BCUT2D eigenvalue weighted by Gasteiger charge is -2.15. The van der Waals surface area contributed by atoms with Gasteiger partial charge in [-0.05, 0) is 23.6 Å². The number of hydrogen-bond donors (Lipinski definition) is 0. The molecule has 0 saturated heterocycles. The van der Waals surface area contributed by atoms with Crippen LogP contribution in [-0.2, 0) is 9.53 Å². The van der Waals surface area contributed by atoms with Crippen LogP contribution in [0.25, 0.3) is 0 Å². The van der Waals surface area contributed by atoms with E-state index in [1.807, 2.05) is 37.3 Å². The zero-order valence-electron chi connectivity index (χ0n) is 13.3. The summed E-state index contributed by atoms with van der Waals surface area (Å²) < 4.78 is 5.14. The summed E-state index contributed by atoms with van der Waals surface area (Å²) in [4.78, 5) is 37.3. The van der Waals surface area contributed by atoms with Gasteiger partial charge < -0.3 is 4.74 Å². The monoisotopic (exact) mass is 323 g/mol. The Labute approximate surface area is 139 Å². The lowest BCUT2D eigenvalue weighted by Crippen LogP contribution is -2.33. The van der Waals surface area contributed by atoms with Crippen molar-refractivity contribution >= 4 is 17.8 Å². The van der Waals surface area contributed by atoms with Crippen molar-refractivity contribution in [3.05, 3.63) is 71.3 Å². The van der Waals surface area contributed by atoms with Gasteiger partial charge in [-0.25, -0.2) is 4.90 Å². The number of benzene rings is 2. The Morgan fingerprint density at radius 2 is 1.50 bits per heavy atom. The molecule has 122 valence electrons. The first-order valence-corrected chi connectivity index (χ1v) is 7.73. The van der Waals surface area contributed by atoms with Gasteiger partial charge in [-0.15, -0.1) is 0 Å². The van der Waals surface area contributed by atoms with Crippen molar-refractivity contribution in [2.75, 3.05) is 6.73 Å². The summed E-state index contributed by atoms with van der Waals surface area (Å²) in [5, 5.41) is 0. The zero-order valence-corrected chi connectivity index (χ0v) is 13.3. The molecular weight excluding hydrogens is 306 g/mol. The van der Waals surface area contributed by atoms with E-state index in [0.717, 1.165) is 10.5 Å². The van der Waals surface area contributed by atoms with Crippen LogP contribution in [0.1, 0.15) is 45.5 Å². The first kappa shape index (κ1) is 15.9. The number of imide groups is 1. The normalized spacial score (nSPS) is 14.5. The van der Waals surface area contributed by atoms with E-state index in [2.05, 4.69) is 0 Å². The molecule has 5 nitrogen and oxygen atoms in total. The van der Waals surface area contributed by atoms with Crippen LogP contribution in [0.15, 0.2) is 54.6 Å². The van der Waals surface area contributed by atoms with Crippen LogP contribution < -0.4 is 0 Å². The summed E-state index contributed by atoms with van der Waals surface area (Å²) in [5.74, 6) is -1.30. The molecule has 3 rings (SSSR count). The Morgan fingerprint density at radius 1 is 0.958 bits per heavy atom. The molecular formula is C19H17NO4. The number of fused-ring (bicyclic) bond motifs is 1. The van der Waals surface area contributed by atoms with Crippen molar-refractivity contribution in [2.45, 2.75) is 19.3 Å². The second-order valence-corrected chi connectivity index (χ2v) is 5.75. The summed E-state index contributed by atoms with van der Waals surface area (Å²) in [7, 11) is 0. The van der Waals surface area contributed by atoms with Gasteiger partial charge in [-0.3, -0.25) is 14.4 Å². The highest BCUT2D eigenvalue weighted by atomic mass is 16.5. The van der Waals surface area contributed by atoms with Crippen molar-refractivity contribution in [1.82, 2.24) is 4.90 Å². The van der Waals surface area contributed by atoms with Crippen LogP contribution in [0.5, 0.6) is 0 Å². The Bertz CT molecular complexity index is 750. The maximum atomic E-state index is 12.2. The molecule has 1 aliphatic rings. The fourth-order valence-corrected chi connectivity index (χ4v) is 2.70. The summed E-state index contributed by atoms with van der Waals surface area (Å²) in [6, 6.07) is 16.2. The molecule has 0 radical (unpaired) electrons. The SMILES string of the molecule is C[C@@H](CC(=O)OCN1C(=O)c2ccccc2C1=O)c1ccccc1. The minimum absolute atomic E-state index is 0.000813. The van der Waals surface area contributed by atoms with Gasteiger partial charge in [-0.1, -0.05) is 49.4 Å². The minimum Gasteiger partial charge on any atom is -0.444 e. The van der Waals surface area contributed by atoms with Crippen molar-refractivity contribution in [3.8, 4) is 0 Å². The topological polar surface area (TPSA) is 63.7 Å². The van der Waals surface area contributed by atoms with E-state index in [1.54, 1.807) is 24.3 Å². The third-order valence-corrected chi connectivity index (χ3v) is 4.07. The number of carbonyl (C=O) groups excluding carboxylic acids is 3. The molecule has 5 heteroatoms. The first-order chi connectivity index (χ1) is 11.6. The molecule has 0 saturated carbocycles. The zero-order chi connectivity index (χ0) is 17.1. The van der Waals surface area contributed by atoms with Crippen LogP contribution in [0.4, 0.5) is 0 Å². The number of esters is 1. The molecule has 0 bridgehead atoms. The highest BCUT2D eigenvalue weighted by Crippen LogP contribution is 2.23. The van der Waals surface area contributed by atoms with E-state index in [1.165, 1.54) is 0 Å². The molecule has 0 fully saturated rings. The summed E-state index contributed by atoms with van der Waals surface area (Å²) >= 11 is 0. The third kappa shape index (κ3) is 3.06. The second kappa shape index (κ2) is 6.66. The predicted octanol–water partition coefficient (Wildman–Crippen LogP) is 2.98. The average Bonchev–Trinajstić information content (AvgIpc) is 2.85. The first-order valence-electron chi connectivity index (χ1n) is 7.73. The maximum Gasteiger partial charge on any atom is 0.308 e. The van der Waals surface area contributed by atoms with Gasteiger partial charge in [-0.2, -0.15) is 0 Å². The van der Waals surface area contributed by atoms with E-state index in [9.17, 15) is 14.4 Å². The van der Waals surface area contributed by atoms with E-state index < -0.39 is 17.8 Å². The number of carbonyl (C=O) groups is 3. The van der Waals surface area contributed by atoms with Crippen molar-refractivity contribution in [1.29, 1.82) is 0 Å². The molecule has 2 aromatic rings. The van der Waals surface area contributed by atoms with Gasteiger partial charge in [0.05, 0.1) is 17.5 Å². The standard InChI is InChI=1S/C19H17NO4/c1-13(14-7-3-2-4-8-14)11-17(21)24-12-20-18(22)15-9-5-6-10-16(15)19(20)23/h2-10,13H,11-12H2,1H3/t13-/m0/s1. The van der Waals surface area contributed by atoms with Crippen LogP contribution in [0.3, 0.4) is 0 Å². The van der Waals surface area contributed by atoms with Crippen LogP contribution >= 0.6 is 0 Å². The quantitative estimate of drug-likeness (QED) is 0.627. The van der Waals surface area contributed by atoms with Crippen molar-refractivity contribution in [3.63, 3.8) is 0 Å². The minimum atomic E-state index is -0.442. The molecule has 2 amide bonds. The molecule has 0 unspecified atom stereocenters. The van der Waals surface area contributed by atoms with Gasteiger partial charge in [0.1, 0.15) is 0 Å². The van der Waals surface area contributed by atoms with Crippen molar-refractivity contribution in [2.24, 2.45) is 0 Å². The molecule has 0 spiro atoms.